The monoisotopic (exact) mass is 492 g/mol. The molecule has 0 aliphatic heterocycles. The largest absolute Gasteiger partial charge is 0.490 e. The lowest BCUT2D eigenvalue weighted by Crippen LogP contribution is -2.38. The standard InChI is InChI=1S/C28H29ClN2O4/c1-3-34-26-13-19(12-23(29)27(26)35-17-20-9-5-4-8-18(20)2)15-30-25(28(32)33)14-21-16-31-24-11-7-6-10-22(21)24/h4-13,16,25,30-31H,3,14-15,17H2,1-2H3,(H,32,33). The van der Waals surface area contributed by atoms with E-state index in [1.54, 1.807) is 6.07 Å². The molecule has 3 aromatic carbocycles. The predicted molar refractivity (Wildman–Crippen MR) is 138 cm³/mol. The molecule has 1 heterocycles. The van der Waals surface area contributed by atoms with Crippen LogP contribution in [-0.4, -0.2) is 28.7 Å². The molecule has 1 atom stereocenters. The van der Waals surface area contributed by atoms with Gasteiger partial charge >= 0.3 is 5.97 Å². The molecule has 0 fully saturated rings. The van der Waals surface area contributed by atoms with Gasteiger partial charge in [-0.3, -0.25) is 4.79 Å². The van der Waals surface area contributed by atoms with Crippen LogP contribution in [0.25, 0.3) is 10.9 Å². The van der Waals surface area contributed by atoms with E-state index < -0.39 is 12.0 Å². The molecule has 0 bridgehead atoms. The maximum Gasteiger partial charge on any atom is 0.321 e. The van der Waals surface area contributed by atoms with Gasteiger partial charge in [0.2, 0.25) is 0 Å². The van der Waals surface area contributed by atoms with Crippen molar-refractivity contribution in [2.45, 2.75) is 39.5 Å². The number of carboxylic acids is 1. The van der Waals surface area contributed by atoms with Crippen LogP contribution >= 0.6 is 11.6 Å². The molecule has 0 aliphatic carbocycles. The van der Waals surface area contributed by atoms with Crippen LogP contribution in [0.4, 0.5) is 0 Å². The molecule has 4 aromatic rings. The smallest absolute Gasteiger partial charge is 0.321 e. The van der Waals surface area contributed by atoms with Gasteiger partial charge in [-0.1, -0.05) is 54.1 Å². The zero-order valence-corrected chi connectivity index (χ0v) is 20.6. The zero-order valence-electron chi connectivity index (χ0n) is 19.8. The summed E-state index contributed by atoms with van der Waals surface area (Å²) in [6.45, 7) is 5.07. The molecule has 1 unspecified atom stereocenters. The maximum absolute atomic E-state index is 12.0. The molecule has 182 valence electrons. The van der Waals surface area contributed by atoms with Crippen LogP contribution in [-0.2, 0) is 24.4 Å². The highest BCUT2D eigenvalue weighted by atomic mass is 35.5. The number of benzene rings is 3. The fourth-order valence-electron chi connectivity index (χ4n) is 4.06. The maximum atomic E-state index is 12.0. The molecule has 0 radical (unpaired) electrons. The van der Waals surface area contributed by atoms with Crippen LogP contribution in [0.5, 0.6) is 11.5 Å². The van der Waals surface area contributed by atoms with E-state index >= 15 is 0 Å². The molecule has 0 saturated heterocycles. The van der Waals surface area contributed by atoms with Crippen molar-refractivity contribution in [1.29, 1.82) is 0 Å². The number of ether oxygens (including phenoxy) is 2. The third-order valence-corrected chi connectivity index (χ3v) is 6.23. The fraction of sp³-hybridized carbons (Fsp3) is 0.250. The Labute approximate surface area is 209 Å². The number of carbonyl (C=O) groups is 1. The first kappa shape index (κ1) is 24.6. The Morgan fingerprint density at radius 3 is 2.63 bits per heavy atom. The summed E-state index contributed by atoms with van der Waals surface area (Å²) >= 11 is 6.58. The number of hydrogen-bond donors (Lipinski definition) is 3. The summed E-state index contributed by atoms with van der Waals surface area (Å²) in [6, 6.07) is 18.7. The Morgan fingerprint density at radius 1 is 1.09 bits per heavy atom. The number of halogens is 1. The highest BCUT2D eigenvalue weighted by Crippen LogP contribution is 2.37. The van der Waals surface area contributed by atoms with Gasteiger partial charge in [-0.15, -0.1) is 0 Å². The average Bonchev–Trinajstić information content (AvgIpc) is 3.25. The number of aromatic nitrogens is 1. The van der Waals surface area contributed by atoms with Crippen LogP contribution in [0.3, 0.4) is 0 Å². The first-order valence-electron chi connectivity index (χ1n) is 11.6. The molecular weight excluding hydrogens is 464 g/mol. The average molecular weight is 493 g/mol. The number of aliphatic carboxylic acids is 1. The summed E-state index contributed by atoms with van der Waals surface area (Å²) in [5, 5.41) is 14.4. The second-order valence-electron chi connectivity index (χ2n) is 8.39. The minimum Gasteiger partial charge on any atom is -0.490 e. The number of aromatic amines is 1. The third-order valence-electron chi connectivity index (χ3n) is 5.95. The van der Waals surface area contributed by atoms with Gasteiger partial charge in [0.05, 0.1) is 11.6 Å². The van der Waals surface area contributed by atoms with Crippen molar-refractivity contribution in [1.82, 2.24) is 10.3 Å². The minimum absolute atomic E-state index is 0.317. The molecule has 0 spiro atoms. The number of carboxylic acid groups (broad SMARTS) is 1. The molecule has 3 N–H and O–H groups in total. The molecule has 0 saturated carbocycles. The SMILES string of the molecule is CCOc1cc(CNC(Cc2c[nH]c3ccccc23)C(=O)O)cc(Cl)c1OCc1ccccc1C. The number of hydrogen-bond acceptors (Lipinski definition) is 4. The number of H-pyrrole nitrogens is 1. The molecule has 4 rings (SSSR count). The Kier molecular flexibility index (Phi) is 7.95. The van der Waals surface area contributed by atoms with Crippen molar-refractivity contribution in [3.63, 3.8) is 0 Å². The van der Waals surface area contributed by atoms with Crippen LogP contribution in [0, 0.1) is 6.92 Å². The van der Waals surface area contributed by atoms with Crippen molar-refractivity contribution in [3.8, 4) is 11.5 Å². The van der Waals surface area contributed by atoms with E-state index in [0.29, 0.717) is 42.7 Å². The van der Waals surface area contributed by atoms with Crippen molar-refractivity contribution in [2.24, 2.45) is 0 Å². The molecule has 35 heavy (non-hydrogen) atoms. The number of fused-ring (bicyclic) bond motifs is 1. The van der Waals surface area contributed by atoms with Crippen molar-refractivity contribution in [3.05, 3.63) is 94.1 Å². The molecule has 1 aromatic heterocycles. The first-order chi connectivity index (χ1) is 17.0. The number of rotatable bonds is 11. The van der Waals surface area contributed by atoms with E-state index in [-0.39, 0.29) is 0 Å². The molecule has 0 amide bonds. The lowest BCUT2D eigenvalue weighted by molar-refractivity contribution is -0.139. The summed E-state index contributed by atoms with van der Waals surface area (Å²) < 4.78 is 11.8. The van der Waals surface area contributed by atoms with Crippen LogP contribution in [0.2, 0.25) is 5.02 Å². The van der Waals surface area contributed by atoms with E-state index in [9.17, 15) is 9.90 Å². The summed E-state index contributed by atoms with van der Waals surface area (Å²) in [5.41, 5.74) is 4.96. The van der Waals surface area contributed by atoms with Gasteiger partial charge in [0.25, 0.3) is 0 Å². The number of aryl methyl sites for hydroxylation is 1. The second-order valence-corrected chi connectivity index (χ2v) is 8.80. The Hall–Kier alpha value is -3.48. The summed E-state index contributed by atoms with van der Waals surface area (Å²) in [6.07, 6.45) is 2.22. The fourth-order valence-corrected chi connectivity index (χ4v) is 4.34. The van der Waals surface area contributed by atoms with Gasteiger partial charge in [-0.2, -0.15) is 0 Å². The van der Waals surface area contributed by atoms with Gasteiger partial charge in [0.1, 0.15) is 12.6 Å². The van der Waals surface area contributed by atoms with Gasteiger partial charge in [0, 0.05) is 30.1 Å². The normalized spacial score (nSPS) is 12.0. The van der Waals surface area contributed by atoms with Crippen LogP contribution in [0.15, 0.2) is 66.9 Å². The van der Waals surface area contributed by atoms with Crippen molar-refractivity contribution < 1.29 is 19.4 Å². The Bertz CT molecular complexity index is 1320. The molecule has 6 nitrogen and oxygen atoms in total. The quantitative estimate of drug-likeness (QED) is 0.243. The predicted octanol–water partition coefficient (Wildman–Crippen LogP) is 5.89. The second kappa shape index (κ2) is 11.3. The van der Waals surface area contributed by atoms with E-state index in [1.165, 1.54) is 0 Å². The first-order valence-corrected chi connectivity index (χ1v) is 12.0. The minimum atomic E-state index is -0.912. The van der Waals surface area contributed by atoms with Gasteiger partial charge < -0.3 is 24.9 Å². The highest BCUT2D eigenvalue weighted by Gasteiger charge is 2.20. The van der Waals surface area contributed by atoms with Crippen molar-refractivity contribution >= 4 is 28.5 Å². The number of nitrogens with one attached hydrogen (secondary N) is 2. The van der Waals surface area contributed by atoms with E-state index in [2.05, 4.69) is 10.3 Å². The van der Waals surface area contributed by atoms with Gasteiger partial charge in [-0.05, 0) is 54.3 Å². The lowest BCUT2D eigenvalue weighted by atomic mass is 10.0. The Balaban J connectivity index is 1.48. The molecule has 7 heteroatoms. The van der Waals surface area contributed by atoms with E-state index in [1.807, 2.05) is 74.6 Å². The summed E-state index contributed by atoms with van der Waals surface area (Å²) in [4.78, 5) is 15.2. The third kappa shape index (κ3) is 5.96. The molecule has 0 aliphatic rings. The lowest BCUT2D eigenvalue weighted by Gasteiger charge is -2.18. The van der Waals surface area contributed by atoms with Gasteiger partial charge in [-0.25, -0.2) is 0 Å². The van der Waals surface area contributed by atoms with Crippen LogP contribution in [0.1, 0.15) is 29.2 Å². The summed E-state index contributed by atoms with van der Waals surface area (Å²) in [7, 11) is 0. The highest BCUT2D eigenvalue weighted by molar-refractivity contribution is 6.32. The van der Waals surface area contributed by atoms with E-state index in [0.717, 1.165) is 33.2 Å². The Morgan fingerprint density at radius 2 is 1.86 bits per heavy atom. The van der Waals surface area contributed by atoms with Crippen molar-refractivity contribution in [2.75, 3.05) is 6.61 Å². The summed E-state index contributed by atoms with van der Waals surface area (Å²) in [5.74, 6) is 0.104. The molecular formula is C28H29ClN2O4. The zero-order chi connectivity index (χ0) is 24.8. The van der Waals surface area contributed by atoms with Gasteiger partial charge in [0.15, 0.2) is 11.5 Å². The number of para-hydroxylation sites is 1. The van der Waals surface area contributed by atoms with E-state index in [4.69, 9.17) is 21.1 Å². The topological polar surface area (TPSA) is 83.6 Å². The van der Waals surface area contributed by atoms with Crippen LogP contribution < -0.4 is 14.8 Å².